The van der Waals surface area contributed by atoms with Crippen LogP contribution in [-0.4, -0.2) is 51.4 Å². The minimum absolute atomic E-state index is 0.146. The number of carbonyl (C=O) groups is 2. The molecule has 3 N–H and O–H groups in total. The van der Waals surface area contributed by atoms with Gasteiger partial charge in [0.05, 0.1) is 12.2 Å². The molecule has 8 heteroatoms. The van der Waals surface area contributed by atoms with Crippen LogP contribution < -0.4 is 25.6 Å². The van der Waals surface area contributed by atoms with Crippen molar-refractivity contribution in [3.63, 3.8) is 0 Å². The zero-order chi connectivity index (χ0) is 24.2. The van der Waals surface area contributed by atoms with E-state index >= 15 is 0 Å². The Hall–Kier alpha value is -3.26. The number of hydrogen-bond acceptors (Lipinski definition) is 5. The number of nitrogens with one attached hydrogen (secondary N) is 3. The third-order valence-electron chi connectivity index (χ3n) is 5.57. The summed E-state index contributed by atoms with van der Waals surface area (Å²) < 4.78 is 10.8. The van der Waals surface area contributed by atoms with Gasteiger partial charge in [-0.05, 0) is 82.0 Å². The number of anilines is 3. The summed E-state index contributed by atoms with van der Waals surface area (Å²) in [6.45, 7) is 8.13. The van der Waals surface area contributed by atoms with E-state index in [1.165, 1.54) is 6.42 Å². The maximum Gasteiger partial charge on any atom is 0.323 e. The summed E-state index contributed by atoms with van der Waals surface area (Å²) in [7, 11) is 0. The summed E-state index contributed by atoms with van der Waals surface area (Å²) in [6, 6.07) is 12.3. The molecule has 0 saturated carbocycles. The van der Waals surface area contributed by atoms with Crippen molar-refractivity contribution in [2.24, 2.45) is 0 Å². The van der Waals surface area contributed by atoms with Crippen LogP contribution in [0.1, 0.15) is 49.9 Å². The van der Waals surface area contributed by atoms with Gasteiger partial charge < -0.3 is 30.3 Å². The van der Waals surface area contributed by atoms with E-state index in [1.807, 2.05) is 26.0 Å². The van der Waals surface area contributed by atoms with Crippen molar-refractivity contribution < 1.29 is 19.1 Å². The number of carbonyl (C=O) groups excluding carboxylic acids is 2. The fourth-order valence-electron chi connectivity index (χ4n) is 3.92. The van der Waals surface area contributed by atoms with E-state index in [1.54, 1.807) is 30.3 Å². The highest BCUT2D eigenvalue weighted by Crippen LogP contribution is 2.27. The lowest BCUT2D eigenvalue weighted by molar-refractivity contribution is 0.0944. The van der Waals surface area contributed by atoms with Gasteiger partial charge in [-0.3, -0.25) is 4.79 Å². The standard InChI is InChI=1S/C26H36N4O4/c1-3-33-18-8-15-27-25(31)23-19-21(11-14-24(23)30-16-6-5-7-17-30)29-26(32)28-20-9-12-22(13-10-20)34-4-2/h9-14,19H,3-8,15-18H2,1-2H3,(H,27,31)(H2,28,29,32). The first kappa shape index (κ1) is 25.4. The number of benzene rings is 2. The number of nitrogens with zero attached hydrogens (tertiary/aromatic N) is 1. The number of hydrogen-bond donors (Lipinski definition) is 3. The van der Waals surface area contributed by atoms with Gasteiger partial charge in [0, 0.05) is 49.9 Å². The van der Waals surface area contributed by atoms with Crippen LogP contribution in [-0.2, 0) is 4.74 Å². The first-order valence-electron chi connectivity index (χ1n) is 12.2. The van der Waals surface area contributed by atoms with Crippen molar-refractivity contribution in [3.8, 4) is 5.75 Å². The Kier molecular flexibility index (Phi) is 10.0. The highest BCUT2D eigenvalue weighted by atomic mass is 16.5. The van der Waals surface area contributed by atoms with Crippen LogP contribution in [0.5, 0.6) is 5.75 Å². The lowest BCUT2D eigenvalue weighted by Crippen LogP contribution is -2.33. The van der Waals surface area contributed by atoms with Gasteiger partial charge in [0.25, 0.3) is 5.91 Å². The summed E-state index contributed by atoms with van der Waals surface area (Å²) in [5, 5.41) is 8.64. The molecule has 0 unspecified atom stereocenters. The molecule has 0 spiro atoms. The molecule has 8 nitrogen and oxygen atoms in total. The van der Waals surface area contributed by atoms with E-state index in [4.69, 9.17) is 9.47 Å². The van der Waals surface area contributed by atoms with Crippen LogP contribution in [0.25, 0.3) is 0 Å². The average Bonchev–Trinajstić information content (AvgIpc) is 2.85. The zero-order valence-electron chi connectivity index (χ0n) is 20.2. The average molecular weight is 469 g/mol. The van der Waals surface area contributed by atoms with Crippen molar-refractivity contribution in [1.82, 2.24) is 5.32 Å². The topological polar surface area (TPSA) is 91.9 Å². The van der Waals surface area contributed by atoms with Crippen molar-refractivity contribution in [3.05, 3.63) is 48.0 Å². The maximum atomic E-state index is 13.0. The molecule has 3 amide bonds. The smallest absolute Gasteiger partial charge is 0.323 e. The molecule has 1 aliphatic heterocycles. The molecule has 184 valence electrons. The second-order valence-electron chi connectivity index (χ2n) is 8.12. The van der Waals surface area contributed by atoms with E-state index in [9.17, 15) is 9.59 Å². The number of urea groups is 1. The summed E-state index contributed by atoms with van der Waals surface area (Å²) in [5.74, 6) is 0.603. The fourth-order valence-corrected chi connectivity index (χ4v) is 3.92. The minimum Gasteiger partial charge on any atom is -0.494 e. The molecular formula is C26H36N4O4. The molecule has 0 atom stereocenters. The van der Waals surface area contributed by atoms with Crippen LogP contribution in [0.15, 0.2) is 42.5 Å². The number of amides is 3. The van der Waals surface area contributed by atoms with Gasteiger partial charge in [-0.25, -0.2) is 4.79 Å². The van der Waals surface area contributed by atoms with Crippen molar-refractivity contribution in [2.75, 3.05) is 55.0 Å². The normalized spacial score (nSPS) is 13.3. The van der Waals surface area contributed by atoms with Gasteiger partial charge in [0.15, 0.2) is 0 Å². The Morgan fingerprint density at radius 1 is 0.912 bits per heavy atom. The highest BCUT2D eigenvalue weighted by Gasteiger charge is 2.19. The first-order chi connectivity index (χ1) is 16.6. The molecule has 1 heterocycles. The third kappa shape index (κ3) is 7.66. The van der Waals surface area contributed by atoms with E-state index < -0.39 is 0 Å². The monoisotopic (exact) mass is 468 g/mol. The first-order valence-corrected chi connectivity index (χ1v) is 12.2. The lowest BCUT2D eigenvalue weighted by Gasteiger charge is -2.30. The summed E-state index contributed by atoms with van der Waals surface area (Å²) in [4.78, 5) is 27.8. The molecule has 2 aromatic rings. The molecule has 34 heavy (non-hydrogen) atoms. The van der Waals surface area contributed by atoms with E-state index in [2.05, 4.69) is 20.9 Å². The van der Waals surface area contributed by atoms with Crippen molar-refractivity contribution in [1.29, 1.82) is 0 Å². The Bertz CT molecular complexity index is 927. The number of rotatable bonds is 11. The van der Waals surface area contributed by atoms with Crippen molar-refractivity contribution >= 4 is 29.0 Å². The Morgan fingerprint density at radius 2 is 1.62 bits per heavy atom. The minimum atomic E-state index is -0.377. The zero-order valence-corrected chi connectivity index (χ0v) is 20.2. The lowest BCUT2D eigenvalue weighted by atomic mass is 10.1. The van der Waals surface area contributed by atoms with E-state index in [0.717, 1.165) is 43.8 Å². The summed E-state index contributed by atoms with van der Waals surface area (Å²) in [6.07, 6.45) is 4.18. The van der Waals surface area contributed by atoms with E-state index in [-0.39, 0.29) is 11.9 Å². The number of ether oxygens (including phenoxy) is 2. The summed E-state index contributed by atoms with van der Waals surface area (Å²) in [5.41, 5.74) is 2.68. The molecule has 0 radical (unpaired) electrons. The van der Waals surface area contributed by atoms with Gasteiger partial charge in [-0.2, -0.15) is 0 Å². The predicted molar refractivity (Wildman–Crippen MR) is 136 cm³/mol. The molecule has 1 saturated heterocycles. The quantitative estimate of drug-likeness (QED) is 0.409. The van der Waals surface area contributed by atoms with Gasteiger partial charge in [-0.1, -0.05) is 0 Å². The predicted octanol–water partition coefficient (Wildman–Crippen LogP) is 4.88. The van der Waals surface area contributed by atoms with Crippen LogP contribution >= 0.6 is 0 Å². The second-order valence-corrected chi connectivity index (χ2v) is 8.12. The molecule has 0 bridgehead atoms. The Balaban J connectivity index is 1.68. The molecule has 2 aromatic carbocycles. The molecule has 3 rings (SSSR count). The van der Waals surface area contributed by atoms with Crippen LogP contribution in [0.4, 0.5) is 21.9 Å². The van der Waals surface area contributed by atoms with Gasteiger partial charge in [-0.15, -0.1) is 0 Å². The van der Waals surface area contributed by atoms with Crippen molar-refractivity contribution in [2.45, 2.75) is 39.5 Å². The molecule has 0 aliphatic carbocycles. The molecule has 0 aromatic heterocycles. The van der Waals surface area contributed by atoms with Gasteiger partial charge >= 0.3 is 6.03 Å². The molecule has 1 aliphatic rings. The second kappa shape index (κ2) is 13.4. The van der Waals surface area contributed by atoms with Gasteiger partial charge in [0.1, 0.15) is 5.75 Å². The Morgan fingerprint density at radius 3 is 2.32 bits per heavy atom. The van der Waals surface area contributed by atoms with Crippen LogP contribution in [0.3, 0.4) is 0 Å². The third-order valence-corrected chi connectivity index (χ3v) is 5.57. The largest absolute Gasteiger partial charge is 0.494 e. The van der Waals surface area contributed by atoms with E-state index in [0.29, 0.717) is 43.3 Å². The van der Waals surface area contributed by atoms with Gasteiger partial charge in [0.2, 0.25) is 0 Å². The number of piperidine rings is 1. The Labute approximate surface area is 202 Å². The highest BCUT2D eigenvalue weighted by molar-refractivity contribution is 6.04. The molecule has 1 fully saturated rings. The molecular weight excluding hydrogens is 432 g/mol. The van der Waals surface area contributed by atoms with Crippen LogP contribution in [0.2, 0.25) is 0 Å². The SMILES string of the molecule is CCOCCCNC(=O)c1cc(NC(=O)Nc2ccc(OCC)cc2)ccc1N1CCCCC1. The fraction of sp³-hybridized carbons (Fsp3) is 0.462. The van der Waals surface area contributed by atoms with Crippen LogP contribution in [0, 0.1) is 0 Å². The maximum absolute atomic E-state index is 13.0. The summed E-state index contributed by atoms with van der Waals surface area (Å²) >= 11 is 0.